The monoisotopic (exact) mass is 338 g/mol. The quantitative estimate of drug-likeness (QED) is 0.281. The van der Waals surface area contributed by atoms with Crippen molar-refractivity contribution in [3.8, 4) is 0 Å². The number of esters is 3. The van der Waals surface area contributed by atoms with Gasteiger partial charge in [-0.05, 0) is 19.1 Å². The van der Waals surface area contributed by atoms with E-state index in [0.717, 1.165) is 0 Å². The number of carbonyl (C=O) groups is 4. The lowest BCUT2D eigenvalue weighted by Gasteiger charge is -2.07. The molecule has 0 radical (unpaired) electrons. The normalized spacial score (nSPS) is 9.92. The molecule has 0 saturated carbocycles. The van der Waals surface area contributed by atoms with Crippen molar-refractivity contribution in [1.29, 1.82) is 0 Å². The Bertz CT molecular complexity index is 591. The maximum atomic E-state index is 11.7. The summed E-state index contributed by atoms with van der Waals surface area (Å²) in [5, 5.41) is 0. The van der Waals surface area contributed by atoms with E-state index in [1.54, 1.807) is 0 Å². The predicted octanol–water partition coefficient (Wildman–Crippen LogP) is 0.779. The van der Waals surface area contributed by atoms with E-state index < -0.39 is 24.5 Å². The van der Waals surface area contributed by atoms with Crippen molar-refractivity contribution < 1.29 is 38.1 Å². The summed E-state index contributed by atoms with van der Waals surface area (Å²) in [6, 6.07) is 5.84. The number of benzene rings is 1. The number of hydrogen-bond acceptors (Lipinski definition) is 8. The highest BCUT2D eigenvalue weighted by Gasteiger charge is 2.12. The van der Waals surface area contributed by atoms with E-state index in [4.69, 9.17) is 9.47 Å². The molecule has 24 heavy (non-hydrogen) atoms. The van der Waals surface area contributed by atoms with Gasteiger partial charge in [-0.2, -0.15) is 0 Å². The van der Waals surface area contributed by atoms with E-state index >= 15 is 0 Å². The van der Waals surface area contributed by atoms with Crippen molar-refractivity contribution in [2.75, 3.05) is 33.5 Å². The molecule has 0 aliphatic heterocycles. The molecule has 0 unspecified atom stereocenters. The molecule has 8 heteroatoms. The van der Waals surface area contributed by atoms with Crippen LogP contribution in [0.4, 0.5) is 0 Å². The molecule has 0 amide bonds. The first-order chi connectivity index (χ1) is 11.4. The minimum atomic E-state index is -0.772. The van der Waals surface area contributed by atoms with Crippen LogP contribution in [0.5, 0.6) is 0 Å². The van der Waals surface area contributed by atoms with E-state index in [1.807, 2.05) is 0 Å². The summed E-state index contributed by atoms with van der Waals surface area (Å²) < 4.78 is 18.7. The van der Waals surface area contributed by atoms with Gasteiger partial charge in [-0.15, -0.1) is 0 Å². The largest absolute Gasteiger partial charge is 0.460 e. The van der Waals surface area contributed by atoms with Crippen molar-refractivity contribution in [2.45, 2.75) is 6.92 Å². The standard InChI is InChI=1S/C16H18O8/c1-11(17)12-3-5-13(6-4-12)16(20)24-10-15(19)23-8-7-22-14(18)9-21-2/h3-6H,7-10H2,1-2H3. The SMILES string of the molecule is COCC(=O)OCCOC(=O)COC(=O)c1ccc(C(C)=O)cc1. The van der Waals surface area contributed by atoms with Crippen LogP contribution in [0.15, 0.2) is 24.3 Å². The molecule has 0 bridgehead atoms. The summed E-state index contributed by atoms with van der Waals surface area (Å²) in [6.07, 6.45) is 0. The second-order valence-electron chi connectivity index (χ2n) is 4.58. The topological polar surface area (TPSA) is 105 Å². The third-order valence-corrected chi connectivity index (χ3v) is 2.72. The molecule has 1 aromatic carbocycles. The Kier molecular flexibility index (Phi) is 8.14. The molecule has 1 rings (SSSR count). The maximum absolute atomic E-state index is 11.7. The zero-order valence-corrected chi connectivity index (χ0v) is 13.4. The maximum Gasteiger partial charge on any atom is 0.344 e. The number of carbonyl (C=O) groups excluding carboxylic acids is 4. The summed E-state index contributed by atoms with van der Waals surface area (Å²) in [4.78, 5) is 45.2. The average molecular weight is 338 g/mol. The van der Waals surface area contributed by atoms with Gasteiger partial charge in [0.25, 0.3) is 0 Å². The Hall–Kier alpha value is -2.74. The minimum absolute atomic E-state index is 0.117. The molecule has 8 nitrogen and oxygen atoms in total. The molecule has 130 valence electrons. The van der Waals surface area contributed by atoms with Crippen molar-refractivity contribution in [2.24, 2.45) is 0 Å². The van der Waals surface area contributed by atoms with Gasteiger partial charge in [0.2, 0.25) is 0 Å². The van der Waals surface area contributed by atoms with E-state index in [0.29, 0.717) is 5.56 Å². The highest BCUT2D eigenvalue weighted by molar-refractivity contribution is 5.96. The number of ether oxygens (including phenoxy) is 4. The summed E-state index contributed by atoms with van der Waals surface area (Å²) in [5.74, 6) is -2.18. The van der Waals surface area contributed by atoms with Crippen LogP contribution in [0.3, 0.4) is 0 Å². The Labute approximate surface area is 138 Å². The Balaban J connectivity index is 2.27. The van der Waals surface area contributed by atoms with Crippen LogP contribution in [-0.2, 0) is 28.5 Å². The smallest absolute Gasteiger partial charge is 0.344 e. The van der Waals surface area contributed by atoms with Gasteiger partial charge in [-0.25, -0.2) is 14.4 Å². The number of hydrogen-bond donors (Lipinski definition) is 0. The highest BCUT2D eigenvalue weighted by atomic mass is 16.6. The van der Waals surface area contributed by atoms with Crippen molar-refractivity contribution in [1.82, 2.24) is 0 Å². The van der Waals surface area contributed by atoms with Gasteiger partial charge in [0.05, 0.1) is 5.56 Å². The molecule has 0 aromatic heterocycles. The van der Waals surface area contributed by atoms with E-state index in [1.165, 1.54) is 38.3 Å². The van der Waals surface area contributed by atoms with E-state index in [9.17, 15) is 19.2 Å². The molecule has 0 spiro atoms. The van der Waals surface area contributed by atoms with Crippen LogP contribution in [0.1, 0.15) is 27.6 Å². The van der Waals surface area contributed by atoms with Crippen LogP contribution in [0.25, 0.3) is 0 Å². The Morgan fingerprint density at radius 2 is 1.29 bits per heavy atom. The molecule has 0 saturated heterocycles. The lowest BCUT2D eigenvalue weighted by atomic mass is 10.1. The Morgan fingerprint density at radius 3 is 1.79 bits per heavy atom. The predicted molar refractivity (Wildman–Crippen MR) is 80.5 cm³/mol. The number of Topliss-reactive ketones (excluding diaryl/α,β-unsaturated/α-hetero) is 1. The van der Waals surface area contributed by atoms with Crippen molar-refractivity contribution >= 4 is 23.7 Å². The number of rotatable bonds is 9. The first-order valence-corrected chi connectivity index (χ1v) is 7.02. The molecular weight excluding hydrogens is 320 g/mol. The van der Waals surface area contributed by atoms with E-state index in [2.05, 4.69) is 9.47 Å². The molecule has 0 heterocycles. The number of ketones is 1. The van der Waals surface area contributed by atoms with E-state index in [-0.39, 0.29) is 31.2 Å². The molecule has 0 aliphatic rings. The van der Waals surface area contributed by atoms with Gasteiger partial charge in [-0.1, -0.05) is 12.1 Å². The molecule has 1 aromatic rings. The minimum Gasteiger partial charge on any atom is -0.460 e. The molecule has 0 aliphatic carbocycles. The second kappa shape index (κ2) is 10.1. The summed E-state index contributed by atoms with van der Waals surface area (Å²) in [6.45, 7) is 0.386. The second-order valence-corrected chi connectivity index (χ2v) is 4.58. The zero-order chi connectivity index (χ0) is 17.9. The summed E-state index contributed by atoms with van der Waals surface area (Å²) in [7, 11) is 1.35. The number of methoxy groups -OCH3 is 1. The van der Waals surface area contributed by atoms with Crippen LogP contribution >= 0.6 is 0 Å². The molecule has 0 atom stereocenters. The molecule has 0 N–H and O–H groups in total. The zero-order valence-electron chi connectivity index (χ0n) is 13.4. The third-order valence-electron chi connectivity index (χ3n) is 2.72. The lowest BCUT2D eigenvalue weighted by Crippen LogP contribution is -2.20. The summed E-state index contributed by atoms with van der Waals surface area (Å²) >= 11 is 0. The van der Waals surface area contributed by atoms with Crippen LogP contribution in [-0.4, -0.2) is 57.2 Å². The summed E-state index contributed by atoms with van der Waals surface area (Å²) in [5.41, 5.74) is 0.676. The Morgan fingerprint density at radius 1 is 0.792 bits per heavy atom. The van der Waals surface area contributed by atoms with Crippen LogP contribution in [0.2, 0.25) is 0 Å². The molecular formula is C16H18O8. The van der Waals surface area contributed by atoms with Crippen molar-refractivity contribution in [3.05, 3.63) is 35.4 Å². The fraction of sp³-hybridized carbons (Fsp3) is 0.375. The van der Waals surface area contributed by atoms with Gasteiger partial charge in [0.15, 0.2) is 12.4 Å². The van der Waals surface area contributed by atoms with Gasteiger partial charge < -0.3 is 18.9 Å². The van der Waals surface area contributed by atoms with Gasteiger partial charge in [0.1, 0.15) is 19.8 Å². The highest BCUT2D eigenvalue weighted by Crippen LogP contribution is 2.06. The fourth-order valence-corrected chi connectivity index (χ4v) is 1.56. The van der Waals surface area contributed by atoms with Crippen LogP contribution < -0.4 is 0 Å². The molecule has 0 fully saturated rings. The fourth-order valence-electron chi connectivity index (χ4n) is 1.56. The third kappa shape index (κ3) is 7.01. The first-order valence-electron chi connectivity index (χ1n) is 7.02. The van der Waals surface area contributed by atoms with Crippen molar-refractivity contribution in [3.63, 3.8) is 0 Å². The average Bonchev–Trinajstić information content (AvgIpc) is 2.57. The van der Waals surface area contributed by atoms with Gasteiger partial charge in [-0.3, -0.25) is 4.79 Å². The lowest BCUT2D eigenvalue weighted by molar-refractivity contribution is -0.156. The van der Waals surface area contributed by atoms with Crippen LogP contribution in [0, 0.1) is 0 Å². The van der Waals surface area contributed by atoms with Gasteiger partial charge >= 0.3 is 17.9 Å². The van der Waals surface area contributed by atoms with Gasteiger partial charge in [0, 0.05) is 12.7 Å². The first kappa shape index (κ1) is 19.3.